The third kappa shape index (κ3) is 1.93. The van der Waals surface area contributed by atoms with Gasteiger partial charge in [-0.05, 0) is 30.5 Å². The molecule has 0 spiro atoms. The summed E-state index contributed by atoms with van der Waals surface area (Å²) in [5.41, 5.74) is 0.693. The van der Waals surface area contributed by atoms with Crippen molar-refractivity contribution in [3.05, 3.63) is 35.6 Å². The Morgan fingerprint density at radius 3 is 2.44 bits per heavy atom. The maximum absolute atomic E-state index is 12.7. The van der Waals surface area contributed by atoms with Crippen LogP contribution in [0.2, 0.25) is 0 Å². The maximum Gasteiger partial charge on any atom is 0.307 e. The fourth-order valence-electron chi connectivity index (χ4n) is 2.39. The second-order valence-corrected chi connectivity index (χ2v) is 4.17. The molecule has 0 amide bonds. The summed E-state index contributed by atoms with van der Waals surface area (Å²) >= 11 is 0. The predicted octanol–water partition coefficient (Wildman–Crippen LogP) is 1.76. The van der Waals surface area contributed by atoms with Crippen LogP contribution in [0, 0.1) is 11.7 Å². The average Bonchev–Trinajstić information content (AvgIpc) is 2.62. The van der Waals surface area contributed by atoms with Crippen molar-refractivity contribution in [1.29, 1.82) is 0 Å². The summed E-state index contributed by atoms with van der Waals surface area (Å²) in [5, 5.41) is 18.8. The van der Waals surface area contributed by atoms with Crippen LogP contribution in [0.1, 0.15) is 24.3 Å². The van der Waals surface area contributed by atoms with Crippen LogP contribution in [-0.4, -0.2) is 22.3 Å². The third-order valence-corrected chi connectivity index (χ3v) is 3.19. The Bertz CT molecular complexity index is 388. The molecule has 16 heavy (non-hydrogen) atoms. The molecule has 2 unspecified atom stereocenters. The zero-order valence-electron chi connectivity index (χ0n) is 8.64. The van der Waals surface area contributed by atoms with Crippen LogP contribution in [0.5, 0.6) is 0 Å². The lowest BCUT2D eigenvalue weighted by Gasteiger charge is -2.19. The fourth-order valence-corrected chi connectivity index (χ4v) is 2.39. The number of rotatable bonds is 2. The zero-order chi connectivity index (χ0) is 11.7. The Morgan fingerprint density at radius 2 is 1.88 bits per heavy atom. The number of benzene rings is 1. The van der Waals surface area contributed by atoms with Crippen molar-refractivity contribution in [2.24, 2.45) is 5.92 Å². The Kier molecular flexibility index (Phi) is 2.92. The standard InChI is InChI=1S/C12H13FO3/c13-8-3-1-7(2-4-8)11-9(12(15)16)5-6-10(11)14/h1-4,9-11,14H,5-6H2,(H,15,16)/t9?,10-,11?/m0/s1. The number of hydrogen-bond donors (Lipinski definition) is 2. The molecule has 1 aliphatic carbocycles. The Morgan fingerprint density at radius 1 is 1.25 bits per heavy atom. The number of hydrogen-bond acceptors (Lipinski definition) is 2. The number of carboxylic acids is 1. The van der Waals surface area contributed by atoms with Crippen LogP contribution in [0.15, 0.2) is 24.3 Å². The second kappa shape index (κ2) is 4.22. The Hall–Kier alpha value is -1.42. The number of aliphatic carboxylic acids is 1. The number of aliphatic hydroxyl groups is 1. The van der Waals surface area contributed by atoms with Gasteiger partial charge in [0.1, 0.15) is 5.82 Å². The molecule has 0 aliphatic heterocycles. The van der Waals surface area contributed by atoms with E-state index in [1.807, 2.05) is 0 Å². The lowest BCUT2D eigenvalue weighted by Crippen LogP contribution is -2.22. The summed E-state index contributed by atoms with van der Waals surface area (Å²) < 4.78 is 12.7. The van der Waals surface area contributed by atoms with Gasteiger partial charge in [-0.2, -0.15) is 0 Å². The SMILES string of the molecule is O=C(O)C1CC[C@H](O)C1c1ccc(F)cc1. The summed E-state index contributed by atoms with van der Waals surface area (Å²) in [6.07, 6.45) is 0.309. The first-order valence-corrected chi connectivity index (χ1v) is 5.26. The van der Waals surface area contributed by atoms with E-state index in [1.54, 1.807) is 12.1 Å². The molecule has 0 radical (unpaired) electrons. The van der Waals surface area contributed by atoms with Gasteiger partial charge >= 0.3 is 5.97 Å². The molecule has 0 heterocycles. The zero-order valence-corrected chi connectivity index (χ0v) is 8.64. The molecule has 2 N–H and O–H groups in total. The van der Waals surface area contributed by atoms with Crippen molar-refractivity contribution in [3.8, 4) is 0 Å². The number of carboxylic acid groups (broad SMARTS) is 1. The van der Waals surface area contributed by atoms with Gasteiger partial charge in [-0.3, -0.25) is 4.79 Å². The quantitative estimate of drug-likeness (QED) is 0.804. The third-order valence-electron chi connectivity index (χ3n) is 3.19. The largest absolute Gasteiger partial charge is 0.481 e. The average molecular weight is 224 g/mol. The smallest absolute Gasteiger partial charge is 0.307 e. The number of carbonyl (C=O) groups is 1. The summed E-state index contributed by atoms with van der Waals surface area (Å²) in [5.74, 6) is -2.24. The van der Waals surface area contributed by atoms with Crippen LogP contribution < -0.4 is 0 Å². The van der Waals surface area contributed by atoms with Gasteiger partial charge in [-0.1, -0.05) is 12.1 Å². The van der Waals surface area contributed by atoms with Crippen LogP contribution in [-0.2, 0) is 4.79 Å². The van der Waals surface area contributed by atoms with E-state index in [2.05, 4.69) is 0 Å². The van der Waals surface area contributed by atoms with Crippen LogP contribution in [0.25, 0.3) is 0 Å². The predicted molar refractivity (Wildman–Crippen MR) is 55.5 cm³/mol. The first kappa shape index (κ1) is 11.1. The topological polar surface area (TPSA) is 57.5 Å². The minimum Gasteiger partial charge on any atom is -0.481 e. The molecule has 4 heteroatoms. The van der Waals surface area contributed by atoms with E-state index < -0.39 is 23.9 Å². The molecular weight excluding hydrogens is 211 g/mol. The lowest BCUT2D eigenvalue weighted by atomic mass is 9.88. The lowest BCUT2D eigenvalue weighted by molar-refractivity contribution is -0.142. The van der Waals surface area contributed by atoms with Gasteiger partial charge in [0.05, 0.1) is 12.0 Å². The Labute approximate surface area is 92.5 Å². The van der Waals surface area contributed by atoms with E-state index in [1.165, 1.54) is 12.1 Å². The molecule has 1 saturated carbocycles. The second-order valence-electron chi connectivity index (χ2n) is 4.17. The minimum atomic E-state index is -0.897. The molecule has 1 aromatic carbocycles. The first-order chi connectivity index (χ1) is 7.59. The van der Waals surface area contributed by atoms with Crippen LogP contribution in [0.3, 0.4) is 0 Å². The summed E-state index contributed by atoms with van der Waals surface area (Å²) in [6.45, 7) is 0. The molecule has 0 aromatic heterocycles. The summed E-state index contributed by atoms with van der Waals surface area (Å²) in [6, 6.07) is 5.67. The van der Waals surface area contributed by atoms with E-state index in [0.717, 1.165) is 0 Å². The van der Waals surface area contributed by atoms with Crippen molar-refractivity contribution in [2.45, 2.75) is 24.9 Å². The molecule has 1 aromatic rings. The fraction of sp³-hybridized carbons (Fsp3) is 0.417. The normalized spacial score (nSPS) is 29.2. The highest BCUT2D eigenvalue weighted by Crippen LogP contribution is 2.39. The number of aliphatic hydroxyl groups excluding tert-OH is 1. The highest BCUT2D eigenvalue weighted by Gasteiger charge is 2.40. The van der Waals surface area contributed by atoms with Crippen molar-refractivity contribution in [3.63, 3.8) is 0 Å². The highest BCUT2D eigenvalue weighted by atomic mass is 19.1. The van der Waals surface area contributed by atoms with Gasteiger partial charge in [-0.25, -0.2) is 4.39 Å². The maximum atomic E-state index is 12.7. The molecule has 3 atom stereocenters. The molecule has 3 nitrogen and oxygen atoms in total. The van der Waals surface area contributed by atoms with E-state index >= 15 is 0 Å². The van der Waals surface area contributed by atoms with E-state index in [4.69, 9.17) is 5.11 Å². The first-order valence-electron chi connectivity index (χ1n) is 5.26. The molecule has 1 fully saturated rings. The Balaban J connectivity index is 2.29. The molecule has 2 rings (SSSR count). The van der Waals surface area contributed by atoms with Gasteiger partial charge in [0.2, 0.25) is 0 Å². The van der Waals surface area contributed by atoms with Gasteiger partial charge in [0.15, 0.2) is 0 Å². The summed E-state index contributed by atoms with van der Waals surface area (Å²) in [4.78, 5) is 11.0. The monoisotopic (exact) mass is 224 g/mol. The summed E-state index contributed by atoms with van der Waals surface area (Å²) in [7, 11) is 0. The van der Waals surface area contributed by atoms with E-state index in [9.17, 15) is 14.3 Å². The molecular formula is C12H13FO3. The molecule has 1 aliphatic rings. The highest BCUT2D eigenvalue weighted by molar-refractivity contribution is 5.72. The number of halogens is 1. The minimum absolute atomic E-state index is 0.358. The van der Waals surface area contributed by atoms with Crippen molar-refractivity contribution < 1.29 is 19.4 Å². The van der Waals surface area contributed by atoms with Crippen molar-refractivity contribution in [2.75, 3.05) is 0 Å². The van der Waals surface area contributed by atoms with Crippen molar-refractivity contribution >= 4 is 5.97 Å². The van der Waals surface area contributed by atoms with Gasteiger partial charge in [-0.15, -0.1) is 0 Å². The van der Waals surface area contributed by atoms with Gasteiger partial charge < -0.3 is 10.2 Å². The molecule has 0 bridgehead atoms. The van der Waals surface area contributed by atoms with Crippen molar-refractivity contribution in [1.82, 2.24) is 0 Å². The molecule has 86 valence electrons. The van der Waals surface area contributed by atoms with Gasteiger partial charge in [0.25, 0.3) is 0 Å². The van der Waals surface area contributed by atoms with Gasteiger partial charge in [0, 0.05) is 5.92 Å². The van der Waals surface area contributed by atoms with E-state index in [0.29, 0.717) is 18.4 Å². The van der Waals surface area contributed by atoms with E-state index in [-0.39, 0.29) is 5.82 Å². The van der Waals surface area contributed by atoms with Crippen LogP contribution in [0.4, 0.5) is 4.39 Å². The van der Waals surface area contributed by atoms with Crippen LogP contribution >= 0.6 is 0 Å². The molecule has 0 saturated heterocycles.